The average Bonchev–Trinajstić information content (AvgIpc) is 1.64. The Hall–Kier alpha value is -0.860. The molecule has 1 unspecified atom stereocenters. The Bertz CT molecular complexity index is 106. The second kappa shape index (κ2) is 2.45. The third-order valence-corrected chi connectivity index (χ3v) is 1.04. The number of rotatable bonds is 2. The van der Waals surface area contributed by atoms with Gasteiger partial charge >= 0.3 is 0 Å². The Kier molecular flexibility index (Phi) is 2.19. The number of hydrogen-bond acceptors (Lipinski definition) is 2. The zero-order valence-electron chi connectivity index (χ0n) is 4.97. The minimum atomic E-state index is -0.630. The largest absolute Gasteiger partial charge is 0.369 e. The van der Waals surface area contributed by atoms with Crippen LogP contribution in [0, 0.1) is 5.92 Å². The molecule has 0 saturated carbocycles. The van der Waals surface area contributed by atoms with Gasteiger partial charge in [0.05, 0.1) is 5.92 Å². The van der Waals surface area contributed by atoms with E-state index in [0.717, 1.165) is 0 Å². The highest BCUT2D eigenvalue weighted by molar-refractivity contribution is 5.98. The fourth-order valence-corrected chi connectivity index (χ4v) is 0.200. The maximum absolute atomic E-state index is 10.3. The molecule has 0 aliphatic rings. The van der Waals surface area contributed by atoms with E-state index in [-0.39, 0.29) is 5.78 Å². The second-order valence-corrected chi connectivity index (χ2v) is 1.73. The predicted octanol–water partition coefficient (Wildman–Crippen LogP) is -0.303. The van der Waals surface area contributed by atoms with E-state index >= 15 is 0 Å². The molecule has 0 aliphatic carbocycles. The van der Waals surface area contributed by atoms with Crippen molar-refractivity contribution >= 4 is 11.7 Å². The molecule has 3 heteroatoms. The van der Waals surface area contributed by atoms with Gasteiger partial charge in [0.1, 0.15) is 5.78 Å². The van der Waals surface area contributed by atoms with Crippen molar-refractivity contribution in [2.24, 2.45) is 11.7 Å². The average molecular weight is 115 g/mol. The lowest BCUT2D eigenvalue weighted by Gasteiger charge is -1.97. The van der Waals surface area contributed by atoms with Crippen LogP contribution in [0.3, 0.4) is 0 Å². The molecular weight excluding hydrogens is 106 g/mol. The summed E-state index contributed by atoms with van der Waals surface area (Å²) >= 11 is 0. The lowest BCUT2D eigenvalue weighted by molar-refractivity contribution is -0.130. The summed E-state index contributed by atoms with van der Waals surface area (Å²) in [7, 11) is 0. The van der Waals surface area contributed by atoms with E-state index in [1.165, 1.54) is 13.8 Å². The number of ketones is 1. The first kappa shape index (κ1) is 7.14. The Morgan fingerprint density at radius 2 is 1.88 bits per heavy atom. The fraction of sp³-hybridized carbons (Fsp3) is 0.600. The van der Waals surface area contributed by atoms with Crippen LogP contribution >= 0.6 is 0 Å². The van der Waals surface area contributed by atoms with Crippen LogP contribution in [0.4, 0.5) is 0 Å². The Labute approximate surface area is 47.9 Å². The lowest BCUT2D eigenvalue weighted by atomic mass is 10.1. The highest BCUT2D eigenvalue weighted by atomic mass is 16.2. The Balaban J connectivity index is 3.83. The zero-order chi connectivity index (χ0) is 6.73. The standard InChI is InChI=1S/C5H9NO2/c1-3(4(2)7)5(6)8/h3H,1-2H3,(H2,6,8). The molecular formula is C5H9NO2. The van der Waals surface area contributed by atoms with Gasteiger partial charge in [0.25, 0.3) is 0 Å². The van der Waals surface area contributed by atoms with Crippen molar-refractivity contribution in [3.63, 3.8) is 0 Å². The molecule has 0 radical (unpaired) electrons. The predicted molar refractivity (Wildman–Crippen MR) is 29.0 cm³/mol. The van der Waals surface area contributed by atoms with Crippen LogP contribution < -0.4 is 5.73 Å². The first-order chi connectivity index (χ1) is 3.55. The van der Waals surface area contributed by atoms with Crippen molar-refractivity contribution in [3.8, 4) is 0 Å². The van der Waals surface area contributed by atoms with Gasteiger partial charge in [-0.05, 0) is 13.8 Å². The normalized spacial score (nSPS) is 12.8. The molecule has 0 aromatic carbocycles. The van der Waals surface area contributed by atoms with Gasteiger partial charge in [0, 0.05) is 0 Å². The maximum Gasteiger partial charge on any atom is 0.227 e. The molecule has 0 bridgehead atoms. The molecule has 1 amide bonds. The molecule has 0 aromatic rings. The van der Waals surface area contributed by atoms with Crippen molar-refractivity contribution in [1.82, 2.24) is 0 Å². The molecule has 0 aliphatic heterocycles. The van der Waals surface area contributed by atoms with Crippen LogP contribution in [0.25, 0.3) is 0 Å². The summed E-state index contributed by atoms with van der Waals surface area (Å²) in [4.78, 5) is 20.4. The highest BCUT2D eigenvalue weighted by Gasteiger charge is 2.12. The smallest absolute Gasteiger partial charge is 0.227 e. The molecule has 0 fully saturated rings. The molecule has 0 spiro atoms. The second-order valence-electron chi connectivity index (χ2n) is 1.73. The zero-order valence-corrected chi connectivity index (χ0v) is 4.97. The molecule has 1 atom stereocenters. The SMILES string of the molecule is CC(=O)C(C)C(N)=O. The van der Waals surface area contributed by atoms with E-state index < -0.39 is 11.8 Å². The summed E-state index contributed by atoms with van der Waals surface area (Å²) in [5.41, 5.74) is 4.78. The van der Waals surface area contributed by atoms with E-state index in [9.17, 15) is 9.59 Å². The van der Waals surface area contributed by atoms with Crippen molar-refractivity contribution < 1.29 is 9.59 Å². The van der Waals surface area contributed by atoms with Gasteiger partial charge in [0.15, 0.2) is 0 Å². The Morgan fingerprint density at radius 3 is 1.88 bits per heavy atom. The summed E-state index contributed by atoms with van der Waals surface area (Å²) in [5, 5.41) is 0. The summed E-state index contributed by atoms with van der Waals surface area (Å²) in [6.45, 7) is 2.83. The number of carbonyl (C=O) groups excluding carboxylic acids is 2. The third kappa shape index (κ3) is 1.73. The van der Waals surface area contributed by atoms with Gasteiger partial charge < -0.3 is 5.73 Å². The van der Waals surface area contributed by atoms with Crippen molar-refractivity contribution in [2.45, 2.75) is 13.8 Å². The van der Waals surface area contributed by atoms with Gasteiger partial charge in [0.2, 0.25) is 5.91 Å². The molecule has 8 heavy (non-hydrogen) atoms. The third-order valence-electron chi connectivity index (χ3n) is 1.04. The van der Waals surface area contributed by atoms with Crippen LogP contribution in [-0.2, 0) is 9.59 Å². The van der Waals surface area contributed by atoms with Gasteiger partial charge in [-0.3, -0.25) is 9.59 Å². The highest BCUT2D eigenvalue weighted by Crippen LogP contribution is 1.91. The van der Waals surface area contributed by atoms with Crippen molar-refractivity contribution in [2.75, 3.05) is 0 Å². The Morgan fingerprint density at radius 1 is 1.50 bits per heavy atom. The summed E-state index contributed by atoms with van der Waals surface area (Å²) in [6, 6.07) is 0. The van der Waals surface area contributed by atoms with E-state index in [0.29, 0.717) is 0 Å². The molecule has 0 rings (SSSR count). The minimum Gasteiger partial charge on any atom is -0.369 e. The lowest BCUT2D eigenvalue weighted by Crippen LogP contribution is -2.25. The van der Waals surface area contributed by atoms with E-state index in [1.54, 1.807) is 0 Å². The fourth-order valence-electron chi connectivity index (χ4n) is 0.200. The molecule has 2 N–H and O–H groups in total. The number of hydrogen-bond donors (Lipinski definition) is 1. The minimum absolute atomic E-state index is 0.183. The monoisotopic (exact) mass is 115 g/mol. The number of carbonyl (C=O) groups is 2. The number of nitrogens with two attached hydrogens (primary N) is 1. The molecule has 46 valence electrons. The van der Waals surface area contributed by atoms with Gasteiger partial charge in [-0.1, -0.05) is 0 Å². The van der Waals surface area contributed by atoms with E-state index in [4.69, 9.17) is 5.73 Å². The topological polar surface area (TPSA) is 60.2 Å². The van der Waals surface area contributed by atoms with Crippen LogP contribution in [0.5, 0.6) is 0 Å². The first-order valence-electron chi connectivity index (χ1n) is 2.35. The number of primary amides is 1. The van der Waals surface area contributed by atoms with Gasteiger partial charge in [-0.15, -0.1) is 0 Å². The van der Waals surface area contributed by atoms with Crippen LogP contribution in [0.1, 0.15) is 13.8 Å². The molecule has 0 aromatic heterocycles. The van der Waals surface area contributed by atoms with E-state index in [2.05, 4.69) is 0 Å². The molecule has 0 saturated heterocycles. The van der Waals surface area contributed by atoms with Crippen LogP contribution in [0.2, 0.25) is 0 Å². The molecule has 0 heterocycles. The quantitative estimate of drug-likeness (QED) is 0.502. The van der Waals surface area contributed by atoms with Crippen LogP contribution in [-0.4, -0.2) is 11.7 Å². The summed E-state index contributed by atoms with van der Waals surface area (Å²) in [5.74, 6) is -1.37. The van der Waals surface area contributed by atoms with Gasteiger partial charge in [-0.2, -0.15) is 0 Å². The summed E-state index contributed by atoms with van der Waals surface area (Å²) < 4.78 is 0. The van der Waals surface area contributed by atoms with Gasteiger partial charge in [-0.25, -0.2) is 0 Å². The van der Waals surface area contributed by atoms with Crippen molar-refractivity contribution in [1.29, 1.82) is 0 Å². The summed E-state index contributed by atoms with van der Waals surface area (Å²) in [6.07, 6.45) is 0. The van der Waals surface area contributed by atoms with E-state index in [1.807, 2.05) is 0 Å². The first-order valence-corrected chi connectivity index (χ1v) is 2.35. The number of Topliss-reactive ketones (excluding diaryl/α,β-unsaturated/α-hetero) is 1. The molecule has 3 nitrogen and oxygen atoms in total. The number of amides is 1. The van der Waals surface area contributed by atoms with Crippen molar-refractivity contribution in [3.05, 3.63) is 0 Å². The maximum atomic E-state index is 10.3. The van der Waals surface area contributed by atoms with Crippen LogP contribution in [0.15, 0.2) is 0 Å².